The molecule has 0 spiro atoms. The molecule has 1 saturated heterocycles. The zero-order valence-corrected chi connectivity index (χ0v) is 12.9. The third kappa shape index (κ3) is 4.08. The minimum absolute atomic E-state index is 0. The van der Waals surface area contributed by atoms with E-state index < -0.39 is 5.82 Å². The van der Waals surface area contributed by atoms with Crippen molar-refractivity contribution in [3.05, 3.63) is 34.6 Å². The van der Waals surface area contributed by atoms with Gasteiger partial charge in [0.15, 0.2) is 0 Å². The van der Waals surface area contributed by atoms with Gasteiger partial charge < -0.3 is 10.2 Å². The third-order valence-electron chi connectivity index (χ3n) is 3.46. The van der Waals surface area contributed by atoms with Gasteiger partial charge in [-0.05, 0) is 50.6 Å². The molecule has 2 rings (SSSR count). The Labute approximate surface area is 129 Å². The van der Waals surface area contributed by atoms with Crippen LogP contribution in [0.4, 0.5) is 4.39 Å². The predicted molar refractivity (Wildman–Crippen MR) is 81.2 cm³/mol. The highest BCUT2D eigenvalue weighted by atomic mass is 35.5. The van der Waals surface area contributed by atoms with E-state index in [2.05, 4.69) is 5.32 Å². The van der Waals surface area contributed by atoms with Crippen LogP contribution in [0.15, 0.2) is 18.2 Å². The van der Waals surface area contributed by atoms with Gasteiger partial charge in [0, 0.05) is 18.1 Å². The molecular formula is C14H19Cl2FN2O. The van der Waals surface area contributed by atoms with E-state index in [9.17, 15) is 9.18 Å². The molecule has 20 heavy (non-hydrogen) atoms. The average Bonchev–Trinajstić information content (AvgIpc) is 2.41. The molecule has 0 aromatic heterocycles. The Morgan fingerprint density at radius 2 is 2.30 bits per heavy atom. The monoisotopic (exact) mass is 320 g/mol. The van der Waals surface area contributed by atoms with Crippen molar-refractivity contribution in [3.63, 3.8) is 0 Å². The summed E-state index contributed by atoms with van der Waals surface area (Å²) in [5, 5.41) is 3.51. The van der Waals surface area contributed by atoms with Crippen LogP contribution < -0.4 is 5.32 Å². The summed E-state index contributed by atoms with van der Waals surface area (Å²) < 4.78 is 13.7. The summed E-state index contributed by atoms with van der Waals surface area (Å²) in [5.74, 6) is -0.337. The molecule has 1 N–H and O–H groups in total. The van der Waals surface area contributed by atoms with E-state index in [0.717, 1.165) is 19.4 Å². The summed E-state index contributed by atoms with van der Waals surface area (Å²) in [5.41, 5.74) is 0.0672. The van der Waals surface area contributed by atoms with E-state index in [1.54, 1.807) is 4.90 Å². The standard InChI is InChI=1S/C14H18ClFN2O.ClH/c1-17-8-10-3-2-6-18(9-10)14(19)12-7-11(15)4-5-13(12)16;/h4-5,7,10,17H,2-3,6,8-9H2,1H3;1H. The van der Waals surface area contributed by atoms with Crippen molar-refractivity contribution in [1.29, 1.82) is 0 Å². The van der Waals surface area contributed by atoms with Gasteiger partial charge in [0.25, 0.3) is 5.91 Å². The third-order valence-corrected chi connectivity index (χ3v) is 3.69. The first-order chi connectivity index (χ1) is 9.11. The Morgan fingerprint density at radius 3 is 3.00 bits per heavy atom. The zero-order valence-electron chi connectivity index (χ0n) is 11.4. The van der Waals surface area contributed by atoms with Crippen LogP contribution in [0.1, 0.15) is 23.2 Å². The number of nitrogens with zero attached hydrogens (tertiary/aromatic N) is 1. The lowest BCUT2D eigenvalue weighted by Crippen LogP contribution is -2.42. The molecule has 1 unspecified atom stereocenters. The number of nitrogens with one attached hydrogen (secondary N) is 1. The number of rotatable bonds is 3. The van der Waals surface area contributed by atoms with Crippen molar-refractivity contribution in [2.24, 2.45) is 5.92 Å². The van der Waals surface area contributed by atoms with E-state index in [1.165, 1.54) is 18.2 Å². The normalized spacial score (nSPS) is 18.6. The number of likely N-dealkylation sites (tertiary alicyclic amines) is 1. The second-order valence-corrected chi connectivity index (χ2v) is 5.38. The summed E-state index contributed by atoms with van der Waals surface area (Å²) in [6.07, 6.45) is 2.06. The maximum absolute atomic E-state index is 13.7. The van der Waals surface area contributed by atoms with E-state index in [-0.39, 0.29) is 23.9 Å². The van der Waals surface area contributed by atoms with Crippen LogP contribution >= 0.6 is 24.0 Å². The van der Waals surface area contributed by atoms with Gasteiger partial charge in [-0.15, -0.1) is 12.4 Å². The van der Waals surface area contributed by atoms with Crippen molar-refractivity contribution >= 4 is 29.9 Å². The Balaban J connectivity index is 0.00000200. The molecule has 0 bridgehead atoms. The van der Waals surface area contributed by atoms with E-state index in [1.807, 2.05) is 7.05 Å². The van der Waals surface area contributed by atoms with Crippen molar-refractivity contribution in [3.8, 4) is 0 Å². The lowest BCUT2D eigenvalue weighted by atomic mass is 9.97. The fraction of sp³-hybridized carbons (Fsp3) is 0.500. The number of benzene rings is 1. The molecule has 0 aliphatic carbocycles. The van der Waals surface area contributed by atoms with Gasteiger partial charge in [0.2, 0.25) is 0 Å². The number of piperidine rings is 1. The molecule has 6 heteroatoms. The molecule has 1 heterocycles. The van der Waals surface area contributed by atoms with Crippen LogP contribution in [0, 0.1) is 11.7 Å². The van der Waals surface area contributed by atoms with Gasteiger partial charge in [-0.1, -0.05) is 11.6 Å². The van der Waals surface area contributed by atoms with Crippen molar-refractivity contribution in [2.45, 2.75) is 12.8 Å². The summed E-state index contributed by atoms with van der Waals surface area (Å²) in [6, 6.07) is 4.10. The highest BCUT2D eigenvalue weighted by molar-refractivity contribution is 6.31. The molecule has 1 amide bonds. The van der Waals surface area contributed by atoms with Crippen molar-refractivity contribution < 1.29 is 9.18 Å². The zero-order chi connectivity index (χ0) is 13.8. The second-order valence-electron chi connectivity index (χ2n) is 4.94. The average molecular weight is 321 g/mol. The van der Waals surface area contributed by atoms with Gasteiger partial charge in [0.05, 0.1) is 5.56 Å². The van der Waals surface area contributed by atoms with E-state index in [0.29, 0.717) is 24.0 Å². The van der Waals surface area contributed by atoms with Crippen LogP contribution in [0.2, 0.25) is 5.02 Å². The Morgan fingerprint density at radius 1 is 1.55 bits per heavy atom. The SMILES string of the molecule is CNCC1CCCN(C(=O)c2cc(Cl)ccc2F)C1.Cl. The molecule has 1 aromatic carbocycles. The first kappa shape index (κ1) is 17.2. The van der Waals surface area contributed by atoms with Crippen LogP contribution in [-0.2, 0) is 0 Å². The summed E-state index contributed by atoms with van der Waals surface area (Å²) >= 11 is 5.83. The molecule has 1 aliphatic heterocycles. The van der Waals surface area contributed by atoms with Gasteiger partial charge in [-0.25, -0.2) is 4.39 Å². The van der Waals surface area contributed by atoms with Crippen LogP contribution in [-0.4, -0.2) is 37.5 Å². The molecular weight excluding hydrogens is 302 g/mol. The molecule has 1 fully saturated rings. The van der Waals surface area contributed by atoms with Crippen LogP contribution in [0.3, 0.4) is 0 Å². The fourth-order valence-corrected chi connectivity index (χ4v) is 2.71. The molecule has 3 nitrogen and oxygen atoms in total. The maximum atomic E-state index is 13.7. The molecule has 1 aromatic rings. The second kappa shape index (κ2) is 7.81. The van der Waals surface area contributed by atoms with Crippen molar-refractivity contribution in [2.75, 3.05) is 26.7 Å². The Bertz CT molecular complexity index is 468. The summed E-state index contributed by atoms with van der Waals surface area (Å²) in [7, 11) is 1.90. The van der Waals surface area contributed by atoms with Gasteiger partial charge in [-0.2, -0.15) is 0 Å². The number of carbonyl (C=O) groups excluding carboxylic acids is 1. The largest absolute Gasteiger partial charge is 0.338 e. The van der Waals surface area contributed by atoms with E-state index >= 15 is 0 Å². The number of hydrogen-bond donors (Lipinski definition) is 1. The fourth-order valence-electron chi connectivity index (χ4n) is 2.54. The molecule has 0 radical (unpaired) electrons. The number of hydrogen-bond acceptors (Lipinski definition) is 2. The minimum Gasteiger partial charge on any atom is -0.338 e. The van der Waals surface area contributed by atoms with E-state index in [4.69, 9.17) is 11.6 Å². The first-order valence-electron chi connectivity index (χ1n) is 6.50. The summed E-state index contributed by atoms with van der Waals surface area (Å²) in [4.78, 5) is 14.1. The molecule has 1 atom stereocenters. The minimum atomic E-state index is -0.509. The first-order valence-corrected chi connectivity index (χ1v) is 6.88. The quantitative estimate of drug-likeness (QED) is 0.928. The Kier molecular flexibility index (Phi) is 6.72. The predicted octanol–water partition coefficient (Wildman–Crippen LogP) is 2.97. The molecule has 112 valence electrons. The molecule has 0 saturated carbocycles. The van der Waals surface area contributed by atoms with Gasteiger partial charge >= 0.3 is 0 Å². The van der Waals surface area contributed by atoms with Crippen LogP contribution in [0.25, 0.3) is 0 Å². The number of amides is 1. The highest BCUT2D eigenvalue weighted by Gasteiger charge is 2.25. The lowest BCUT2D eigenvalue weighted by Gasteiger charge is -2.32. The Hall–Kier alpha value is -0.840. The number of carbonyl (C=O) groups is 1. The smallest absolute Gasteiger partial charge is 0.256 e. The highest BCUT2D eigenvalue weighted by Crippen LogP contribution is 2.21. The van der Waals surface area contributed by atoms with Crippen LogP contribution in [0.5, 0.6) is 0 Å². The van der Waals surface area contributed by atoms with Gasteiger partial charge in [0.1, 0.15) is 5.82 Å². The van der Waals surface area contributed by atoms with Crippen molar-refractivity contribution in [1.82, 2.24) is 10.2 Å². The topological polar surface area (TPSA) is 32.3 Å². The maximum Gasteiger partial charge on any atom is 0.256 e. The lowest BCUT2D eigenvalue weighted by molar-refractivity contribution is 0.0669. The number of halogens is 3. The molecule has 1 aliphatic rings. The summed E-state index contributed by atoms with van der Waals surface area (Å²) in [6.45, 7) is 2.23. The van der Waals surface area contributed by atoms with Gasteiger partial charge in [-0.3, -0.25) is 4.79 Å².